The van der Waals surface area contributed by atoms with E-state index in [4.69, 9.17) is 8.37 Å². The van der Waals surface area contributed by atoms with Crippen molar-refractivity contribution in [2.24, 2.45) is 0 Å². The monoisotopic (exact) mass is 598 g/mol. The van der Waals surface area contributed by atoms with Crippen molar-refractivity contribution in [3.05, 3.63) is 59.7 Å². The Bertz CT molecular complexity index is 855. The van der Waals surface area contributed by atoms with Gasteiger partial charge in [-0.3, -0.25) is 0 Å². The maximum absolute atomic E-state index is 12.9. The molecule has 0 aromatic heterocycles. The van der Waals surface area contributed by atoms with E-state index in [1.165, 1.54) is 128 Å². The predicted molar refractivity (Wildman–Crippen MR) is 183 cm³/mol. The second-order valence-electron chi connectivity index (χ2n) is 12.2. The van der Waals surface area contributed by atoms with E-state index < -0.39 is 11.4 Å². The first-order chi connectivity index (χ1) is 20.7. The van der Waals surface area contributed by atoms with Crippen molar-refractivity contribution in [3.63, 3.8) is 0 Å². The van der Waals surface area contributed by atoms with Crippen LogP contribution in [0.25, 0.3) is 0 Å². The van der Waals surface area contributed by atoms with Crippen molar-refractivity contribution in [1.82, 2.24) is 0 Å². The second-order valence-corrected chi connectivity index (χ2v) is 12.9. The lowest BCUT2D eigenvalue weighted by Gasteiger charge is -2.12. The normalized spacial score (nSPS) is 11.3. The van der Waals surface area contributed by atoms with Gasteiger partial charge in [-0.05, 0) is 48.9 Å². The van der Waals surface area contributed by atoms with E-state index in [1.54, 1.807) is 0 Å². The van der Waals surface area contributed by atoms with Crippen LogP contribution in [0.15, 0.2) is 48.5 Å². The summed E-state index contributed by atoms with van der Waals surface area (Å²) in [4.78, 5) is 0. The van der Waals surface area contributed by atoms with Crippen LogP contribution in [0.5, 0.6) is 11.5 Å². The Balaban J connectivity index is 1.64. The summed E-state index contributed by atoms with van der Waals surface area (Å²) in [5.74, 6) is 1.34. The number of hydrogen-bond acceptors (Lipinski definition) is 3. The molecule has 2 aromatic rings. The molecule has 0 atom stereocenters. The highest BCUT2D eigenvalue weighted by Gasteiger charge is 2.12. The summed E-state index contributed by atoms with van der Waals surface area (Å²) in [5, 5.41) is 0. The Hall–Kier alpha value is -1.81. The van der Waals surface area contributed by atoms with Gasteiger partial charge in [0.2, 0.25) is 0 Å². The Morgan fingerprint density at radius 1 is 0.429 bits per heavy atom. The summed E-state index contributed by atoms with van der Waals surface area (Å²) in [6.07, 6.45) is 31.2. The summed E-state index contributed by atoms with van der Waals surface area (Å²) in [5.41, 5.74) is 2.22. The molecule has 0 aliphatic rings. The third-order valence-corrected chi connectivity index (χ3v) is 8.99. The zero-order valence-corrected chi connectivity index (χ0v) is 28.0. The Kier molecular flexibility index (Phi) is 22.2. The van der Waals surface area contributed by atoms with Crippen LogP contribution in [-0.4, -0.2) is 4.21 Å². The molecule has 0 aliphatic heterocycles. The van der Waals surface area contributed by atoms with Crippen LogP contribution >= 0.6 is 0 Å². The molecule has 4 heteroatoms. The van der Waals surface area contributed by atoms with E-state index in [0.29, 0.717) is 11.5 Å². The molecule has 0 radical (unpaired) electrons. The van der Waals surface area contributed by atoms with E-state index in [-0.39, 0.29) is 0 Å². The maximum Gasteiger partial charge on any atom is 0.417 e. The van der Waals surface area contributed by atoms with Crippen molar-refractivity contribution in [2.45, 2.75) is 168 Å². The molecule has 0 heterocycles. The van der Waals surface area contributed by atoms with E-state index in [9.17, 15) is 4.21 Å². The smallest absolute Gasteiger partial charge is 0.371 e. The minimum atomic E-state index is -1.87. The molecular weight excluding hydrogens is 536 g/mol. The van der Waals surface area contributed by atoms with Gasteiger partial charge in [-0.25, -0.2) is 0 Å². The molecule has 0 saturated heterocycles. The van der Waals surface area contributed by atoms with Crippen molar-refractivity contribution >= 4 is 11.4 Å². The quantitative estimate of drug-likeness (QED) is 0.0914. The van der Waals surface area contributed by atoms with E-state index in [2.05, 4.69) is 26.0 Å². The largest absolute Gasteiger partial charge is 0.417 e. The topological polar surface area (TPSA) is 35.5 Å². The number of unbranched alkanes of at least 4 members (excludes halogenated alkanes) is 20. The van der Waals surface area contributed by atoms with Gasteiger partial charge in [0.1, 0.15) is 11.5 Å². The van der Waals surface area contributed by atoms with Gasteiger partial charge in [-0.15, -0.1) is 0 Å². The summed E-state index contributed by atoms with van der Waals surface area (Å²) >= 11 is -1.87. The van der Waals surface area contributed by atoms with Gasteiger partial charge in [0.05, 0.1) is 0 Å². The molecule has 0 unspecified atom stereocenters. The van der Waals surface area contributed by atoms with Crippen LogP contribution in [0.1, 0.15) is 166 Å². The van der Waals surface area contributed by atoms with Gasteiger partial charge in [0.25, 0.3) is 0 Å². The first-order valence-corrected chi connectivity index (χ1v) is 18.7. The van der Waals surface area contributed by atoms with Gasteiger partial charge < -0.3 is 8.37 Å². The minimum absolute atomic E-state index is 0.672. The van der Waals surface area contributed by atoms with Crippen LogP contribution in [0.4, 0.5) is 0 Å². The van der Waals surface area contributed by atoms with Gasteiger partial charge in [0.15, 0.2) is 0 Å². The molecule has 3 nitrogen and oxygen atoms in total. The summed E-state index contributed by atoms with van der Waals surface area (Å²) < 4.78 is 24.5. The highest BCUT2D eigenvalue weighted by Crippen LogP contribution is 2.25. The average molecular weight is 599 g/mol. The average Bonchev–Trinajstić information content (AvgIpc) is 3.00. The van der Waals surface area contributed by atoms with Crippen molar-refractivity contribution in [1.29, 1.82) is 0 Å². The third kappa shape index (κ3) is 18.0. The van der Waals surface area contributed by atoms with Gasteiger partial charge in [-0.1, -0.05) is 179 Å². The first kappa shape index (κ1) is 36.4. The SMILES string of the molecule is CCCCCCCCCCCCCc1ccccc1OS(=O)Oc1ccccc1CCCCCCCCCCCCC. The van der Waals surface area contributed by atoms with Crippen molar-refractivity contribution in [2.75, 3.05) is 0 Å². The predicted octanol–water partition coefficient (Wildman–Crippen LogP) is 12.4. The lowest BCUT2D eigenvalue weighted by Crippen LogP contribution is -2.10. The molecule has 2 rings (SSSR count). The Labute approximate surface area is 262 Å². The number of rotatable bonds is 28. The summed E-state index contributed by atoms with van der Waals surface area (Å²) in [7, 11) is 0. The molecule has 0 saturated carbocycles. The lowest BCUT2D eigenvalue weighted by molar-refractivity contribution is 0.455. The maximum atomic E-state index is 12.9. The van der Waals surface area contributed by atoms with Crippen LogP contribution in [0.2, 0.25) is 0 Å². The highest BCUT2D eigenvalue weighted by molar-refractivity contribution is 7.75. The van der Waals surface area contributed by atoms with Gasteiger partial charge in [-0.2, -0.15) is 4.21 Å². The number of hydrogen-bond donors (Lipinski definition) is 0. The lowest BCUT2D eigenvalue weighted by atomic mass is 10.0. The highest BCUT2D eigenvalue weighted by atomic mass is 32.2. The fraction of sp³-hybridized carbons (Fsp3) is 0.684. The molecule has 0 amide bonds. The number of aryl methyl sites for hydroxylation is 2. The van der Waals surface area contributed by atoms with E-state index >= 15 is 0 Å². The minimum Gasteiger partial charge on any atom is -0.371 e. The number of para-hydroxylation sites is 2. The summed E-state index contributed by atoms with van der Waals surface area (Å²) in [6, 6.07) is 15.9. The molecule has 2 aromatic carbocycles. The standard InChI is InChI=1S/C38H62O3S/c1-3-5-7-9-11-13-15-17-19-21-23-29-35-31-25-27-33-37(35)40-42(39)41-38-34-28-26-32-36(38)30-24-22-20-18-16-14-12-10-8-6-4-2/h25-28,31-34H,3-24,29-30H2,1-2H3. The molecular formula is C38H62O3S. The fourth-order valence-electron chi connectivity index (χ4n) is 5.71. The van der Waals surface area contributed by atoms with Crippen LogP contribution in [0, 0.1) is 0 Å². The number of benzene rings is 2. The molecule has 0 spiro atoms. The zero-order chi connectivity index (χ0) is 29.9. The first-order valence-electron chi connectivity index (χ1n) is 17.7. The van der Waals surface area contributed by atoms with Crippen LogP contribution in [0.3, 0.4) is 0 Å². The molecule has 0 aliphatic carbocycles. The van der Waals surface area contributed by atoms with Gasteiger partial charge >= 0.3 is 11.4 Å². The molecule has 238 valence electrons. The molecule has 42 heavy (non-hydrogen) atoms. The van der Waals surface area contributed by atoms with Gasteiger partial charge in [0, 0.05) is 0 Å². The van der Waals surface area contributed by atoms with E-state index in [1.807, 2.05) is 36.4 Å². The Morgan fingerprint density at radius 3 is 1.05 bits per heavy atom. The zero-order valence-electron chi connectivity index (χ0n) is 27.2. The second kappa shape index (κ2) is 25.7. The molecule has 0 fully saturated rings. The Morgan fingerprint density at radius 2 is 0.714 bits per heavy atom. The molecule has 0 N–H and O–H groups in total. The summed E-state index contributed by atoms with van der Waals surface area (Å²) in [6.45, 7) is 4.55. The molecule has 0 bridgehead atoms. The van der Waals surface area contributed by atoms with E-state index in [0.717, 1.165) is 36.8 Å². The van der Waals surface area contributed by atoms with Crippen molar-refractivity contribution < 1.29 is 12.6 Å². The fourth-order valence-corrected chi connectivity index (χ4v) is 6.36. The van der Waals surface area contributed by atoms with Crippen molar-refractivity contribution in [3.8, 4) is 11.5 Å². The third-order valence-electron chi connectivity index (χ3n) is 8.36. The van der Waals surface area contributed by atoms with Crippen LogP contribution < -0.4 is 8.37 Å². The van der Waals surface area contributed by atoms with Crippen LogP contribution in [-0.2, 0) is 24.2 Å².